The molecule has 2 heteroatoms. The van der Waals surface area contributed by atoms with Crippen LogP contribution in [0.3, 0.4) is 0 Å². The van der Waals surface area contributed by atoms with Gasteiger partial charge in [-0.2, -0.15) is 0 Å². The largest absolute Gasteiger partial charge is 0.469 e. The van der Waals surface area contributed by atoms with Crippen molar-refractivity contribution in [2.45, 2.75) is 66.7 Å². The fourth-order valence-corrected chi connectivity index (χ4v) is 5.40. The molecule has 0 aromatic heterocycles. The van der Waals surface area contributed by atoms with Crippen LogP contribution in [-0.4, -0.2) is 13.1 Å². The minimum absolute atomic E-state index is 0.00915. The Bertz CT molecular complexity index is 756. The summed E-state index contributed by atoms with van der Waals surface area (Å²) >= 11 is 0. The fraction of sp³-hybridized carbons (Fsp3) is 0.519. The van der Waals surface area contributed by atoms with Gasteiger partial charge in [0.05, 0.1) is 12.5 Å². The summed E-state index contributed by atoms with van der Waals surface area (Å²) in [5.74, 6) is -0.184. The Hall–Kier alpha value is -2.09. The Balaban J connectivity index is 2.82. The van der Waals surface area contributed by atoms with E-state index in [1.807, 2.05) is 26.0 Å². The van der Waals surface area contributed by atoms with E-state index < -0.39 is 10.8 Å². The van der Waals surface area contributed by atoms with Gasteiger partial charge in [0, 0.05) is 5.41 Å². The molecule has 0 bridgehead atoms. The molecule has 0 saturated carbocycles. The van der Waals surface area contributed by atoms with Gasteiger partial charge in [-0.25, -0.2) is 0 Å². The van der Waals surface area contributed by atoms with Gasteiger partial charge in [-0.15, -0.1) is 0 Å². The third-order valence-corrected chi connectivity index (χ3v) is 6.05. The van der Waals surface area contributed by atoms with Gasteiger partial charge in [-0.3, -0.25) is 4.79 Å². The first-order valence-corrected chi connectivity index (χ1v) is 10.6. The van der Waals surface area contributed by atoms with E-state index in [1.54, 1.807) is 0 Å². The van der Waals surface area contributed by atoms with Crippen molar-refractivity contribution in [1.29, 1.82) is 0 Å². The van der Waals surface area contributed by atoms with Crippen LogP contribution in [0.15, 0.2) is 60.7 Å². The Morgan fingerprint density at radius 1 is 0.724 bits per heavy atom. The molecule has 0 fully saturated rings. The van der Waals surface area contributed by atoms with E-state index >= 15 is 0 Å². The van der Waals surface area contributed by atoms with Gasteiger partial charge in [0.15, 0.2) is 0 Å². The van der Waals surface area contributed by atoms with Crippen LogP contribution in [0.2, 0.25) is 0 Å². The molecule has 0 saturated heterocycles. The first-order chi connectivity index (χ1) is 13.4. The van der Waals surface area contributed by atoms with E-state index in [0.29, 0.717) is 0 Å². The summed E-state index contributed by atoms with van der Waals surface area (Å²) in [6.45, 7) is 15.6. The minimum Gasteiger partial charge on any atom is -0.469 e. The van der Waals surface area contributed by atoms with Crippen LogP contribution in [0.5, 0.6) is 0 Å². The molecule has 0 unspecified atom stereocenters. The highest BCUT2D eigenvalue weighted by molar-refractivity contribution is 5.79. The second-order valence-corrected chi connectivity index (χ2v) is 10.8. The summed E-state index contributed by atoms with van der Waals surface area (Å²) in [5, 5.41) is 0. The SMILES string of the molecule is COC(=O)C(C)(C)C(CC(C)(C)CC(C)(C)C)(c1ccccc1)c1ccccc1. The zero-order valence-corrected chi connectivity index (χ0v) is 19.5. The summed E-state index contributed by atoms with van der Waals surface area (Å²) in [6.07, 6.45) is 1.89. The lowest BCUT2D eigenvalue weighted by Gasteiger charge is -2.50. The standard InChI is InChI=1S/C27H38O2/c1-24(2,3)19-25(4,5)20-27(21-15-11-9-12-16-21,22-17-13-10-14-18-22)26(6,7)23(28)29-8/h9-18H,19-20H2,1-8H3. The summed E-state index contributed by atoms with van der Waals surface area (Å²) in [5.41, 5.74) is 1.25. The molecular weight excluding hydrogens is 356 g/mol. The van der Waals surface area contributed by atoms with Crippen LogP contribution in [0.1, 0.15) is 72.4 Å². The van der Waals surface area contributed by atoms with Crippen molar-refractivity contribution in [2.75, 3.05) is 7.11 Å². The van der Waals surface area contributed by atoms with Crippen molar-refractivity contribution >= 4 is 5.97 Å². The van der Waals surface area contributed by atoms with E-state index in [0.717, 1.165) is 24.0 Å². The molecule has 0 spiro atoms. The van der Waals surface area contributed by atoms with Gasteiger partial charge in [-0.1, -0.05) is 95.3 Å². The predicted octanol–water partition coefficient (Wildman–Crippen LogP) is 7.02. The molecule has 0 aliphatic rings. The highest BCUT2D eigenvalue weighted by atomic mass is 16.5. The van der Waals surface area contributed by atoms with Crippen molar-refractivity contribution < 1.29 is 9.53 Å². The topological polar surface area (TPSA) is 26.3 Å². The number of hydrogen-bond acceptors (Lipinski definition) is 2. The van der Waals surface area contributed by atoms with Crippen LogP contribution < -0.4 is 0 Å². The van der Waals surface area contributed by atoms with Gasteiger partial charge >= 0.3 is 5.97 Å². The predicted molar refractivity (Wildman–Crippen MR) is 122 cm³/mol. The molecule has 2 aromatic carbocycles. The highest BCUT2D eigenvalue weighted by Gasteiger charge is 2.55. The maximum absolute atomic E-state index is 13.2. The molecule has 2 aromatic rings. The Labute approximate surface area is 177 Å². The normalized spacial score (nSPS) is 13.2. The molecule has 29 heavy (non-hydrogen) atoms. The number of ether oxygens (including phenoxy) is 1. The maximum Gasteiger partial charge on any atom is 0.312 e. The van der Waals surface area contributed by atoms with E-state index in [4.69, 9.17) is 4.74 Å². The van der Waals surface area contributed by atoms with Gasteiger partial charge in [-0.05, 0) is 48.6 Å². The first-order valence-electron chi connectivity index (χ1n) is 10.6. The summed E-state index contributed by atoms with van der Waals surface area (Å²) in [6, 6.07) is 21.0. The van der Waals surface area contributed by atoms with Gasteiger partial charge in [0.2, 0.25) is 0 Å². The monoisotopic (exact) mass is 394 g/mol. The molecule has 2 nitrogen and oxygen atoms in total. The maximum atomic E-state index is 13.2. The van der Waals surface area contributed by atoms with Crippen molar-refractivity contribution in [3.05, 3.63) is 71.8 Å². The molecule has 2 rings (SSSR count). The minimum atomic E-state index is -0.750. The van der Waals surface area contributed by atoms with Crippen molar-refractivity contribution in [3.63, 3.8) is 0 Å². The second-order valence-electron chi connectivity index (χ2n) is 10.8. The number of carbonyl (C=O) groups excluding carboxylic acids is 1. The fourth-order valence-electron chi connectivity index (χ4n) is 5.40. The first kappa shape index (κ1) is 23.2. The van der Waals surface area contributed by atoms with E-state index in [1.165, 1.54) is 7.11 Å². The van der Waals surface area contributed by atoms with Crippen molar-refractivity contribution in [1.82, 2.24) is 0 Å². The zero-order valence-electron chi connectivity index (χ0n) is 19.5. The van der Waals surface area contributed by atoms with Crippen LogP contribution in [-0.2, 0) is 14.9 Å². The van der Waals surface area contributed by atoms with E-state index in [2.05, 4.69) is 83.1 Å². The number of rotatable bonds is 7. The third-order valence-electron chi connectivity index (χ3n) is 6.05. The lowest BCUT2D eigenvalue weighted by molar-refractivity contribution is -0.155. The summed E-state index contributed by atoms with van der Waals surface area (Å²) in [7, 11) is 1.49. The number of benzene rings is 2. The molecule has 0 heterocycles. The van der Waals surface area contributed by atoms with Crippen LogP contribution in [0, 0.1) is 16.2 Å². The highest BCUT2D eigenvalue weighted by Crippen LogP contribution is 2.55. The Kier molecular flexibility index (Phi) is 6.67. The van der Waals surface area contributed by atoms with Crippen molar-refractivity contribution in [3.8, 4) is 0 Å². The number of methoxy groups -OCH3 is 1. The Morgan fingerprint density at radius 2 is 1.14 bits per heavy atom. The summed E-state index contributed by atoms with van der Waals surface area (Å²) < 4.78 is 5.34. The van der Waals surface area contributed by atoms with E-state index in [-0.39, 0.29) is 16.8 Å². The lowest BCUT2D eigenvalue weighted by atomic mass is 9.52. The molecule has 0 atom stereocenters. The number of carbonyl (C=O) groups is 1. The van der Waals surface area contributed by atoms with Crippen LogP contribution in [0.4, 0.5) is 0 Å². The zero-order chi connectivity index (χ0) is 21.9. The van der Waals surface area contributed by atoms with Crippen LogP contribution in [0.25, 0.3) is 0 Å². The smallest absolute Gasteiger partial charge is 0.312 e. The average molecular weight is 395 g/mol. The lowest BCUT2D eigenvalue weighted by Crippen LogP contribution is -2.51. The molecule has 0 aliphatic heterocycles. The van der Waals surface area contributed by atoms with Crippen LogP contribution >= 0.6 is 0 Å². The number of hydrogen-bond donors (Lipinski definition) is 0. The average Bonchev–Trinajstić information content (AvgIpc) is 2.64. The molecule has 0 amide bonds. The quantitative estimate of drug-likeness (QED) is 0.471. The Morgan fingerprint density at radius 3 is 1.48 bits per heavy atom. The molecule has 0 radical (unpaired) electrons. The van der Waals surface area contributed by atoms with Crippen molar-refractivity contribution in [2.24, 2.45) is 16.2 Å². The molecule has 0 aliphatic carbocycles. The third kappa shape index (κ3) is 4.91. The van der Waals surface area contributed by atoms with Gasteiger partial charge in [0.25, 0.3) is 0 Å². The van der Waals surface area contributed by atoms with Gasteiger partial charge < -0.3 is 4.74 Å². The van der Waals surface area contributed by atoms with E-state index in [9.17, 15) is 4.79 Å². The molecule has 0 N–H and O–H groups in total. The van der Waals surface area contributed by atoms with Gasteiger partial charge in [0.1, 0.15) is 0 Å². The summed E-state index contributed by atoms with van der Waals surface area (Å²) in [4.78, 5) is 13.2. The molecule has 158 valence electrons. The number of esters is 1. The second kappa shape index (κ2) is 8.34. The molecular formula is C27H38O2.